The van der Waals surface area contributed by atoms with Crippen LogP contribution in [0.3, 0.4) is 0 Å². The molecule has 0 bridgehead atoms. The lowest BCUT2D eigenvalue weighted by atomic mass is 9.87. The third kappa shape index (κ3) is 1.90. The highest BCUT2D eigenvalue weighted by atomic mass is 15.4. The molecule has 0 aromatic carbocycles. The quantitative estimate of drug-likeness (QED) is 0.638. The third-order valence-corrected chi connectivity index (χ3v) is 4.04. The molecule has 18 heavy (non-hydrogen) atoms. The fourth-order valence-corrected chi connectivity index (χ4v) is 2.46. The molecule has 0 N–H and O–H groups in total. The molecule has 0 aromatic heterocycles. The lowest BCUT2D eigenvalue weighted by Gasteiger charge is -2.22. The fraction of sp³-hybridized carbons (Fsp3) is 0.500. The first kappa shape index (κ1) is 13.0. The van der Waals surface area contributed by atoms with Gasteiger partial charge in [0.25, 0.3) is 0 Å². The standard InChI is InChI=1S/C16H24N2/c1-11-12(2)18(7)15(17(11)6)13-8-9-14(10-13)16(3,4)5/h8-10H,1-7H3. The van der Waals surface area contributed by atoms with Gasteiger partial charge < -0.3 is 9.80 Å². The Morgan fingerprint density at radius 3 is 1.78 bits per heavy atom. The maximum atomic E-state index is 2.31. The van der Waals surface area contributed by atoms with E-state index in [2.05, 4.69) is 76.7 Å². The van der Waals surface area contributed by atoms with Gasteiger partial charge in [-0.3, -0.25) is 0 Å². The summed E-state index contributed by atoms with van der Waals surface area (Å²) in [5.41, 5.74) is 5.57. The molecule has 0 saturated heterocycles. The first-order valence-corrected chi connectivity index (χ1v) is 6.53. The number of rotatable bonds is 0. The Kier molecular flexibility index (Phi) is 2.92. The zero-order valence-corrected chi connectivity index (χ0v) is 12.6. The lowest BCUT2D eigenvalue weighted by Crippen LogP contribution is -2.20. The predicted molar refractivity (Wildman–Crippen MR) is 77.6 cm³/mol. The molecule has 0 fully saturated rings. The van der Waals surface area contributed by atoms with Crippen LogP contribution >= 0.6 is 0 Å². The predicted octanol–water partition coefficient (Wildman–Crippen LogP) is 3.87. The Morgan fingerprint density at radius 2 is 1.39 bits per heavy atom. The SMILES string of the molecule is CC1=C(C)N(C)C(=C2C=CC(C(C)(C)C)=C2)N1C. The second-order valence-electron chi connectivity index (χ2n) is 6.25. The molecular weight excluding hydrogens is 220 g/mol. The van der Waals surface area contributed by atoms with Crippen molar-refractivity contribution < 1.29 is 0 Å². The Balaban J connectivity index is 2.43. The van der Waals surface area contributed by atoms with Gasteiger partial charge >= 0.3 is 0 Å². The van der Waals surface area contributed by atoms with E-state index in [0.717, 1.165) is 0 Å². The van der Waals surface area contributed by atoms with Crippen molar-refractivity contribution in [2.45, 2.75) is 34.6 Å². The molecular formula is C16H24N2. The van der Waals surface area contributed by atoms with Crippen molar-refractivity contribution in [3.05, 3.63) is 46.6 Å². The van der Waals surface area contributed by atoms with Gasteiger partial charge in [-0.15, -0.1) is 0 Å². The summed E-state index contributed by atoms with van der Waals surface area (Å²) in [5.74, 6) is 1.28. The number of hydrogen-bond acceptors (Lipinski definition) is 2. The van der Waals surface area contributed by atoms with Crippen LogP contribution in [0.2, 0.25) is 0 Å². The summed E-state index contributed by atoms with van der Waals surface area (Å²) in [4.78, 5) is 4.55. The minimum absolute atomic E-state index is 0.214. The molecule has 0 saturated carbocycles. The van der Waals surface area contributed by atoms with Crippen molar-refractivity contribution in [1.29, 1.82) is 0 Å². The molecule has 0 atom stereocenters. The fourth-order valence-electron chi connectivity index (χ4n) is 2.46. The second kappa shape index (κ2) is 4.04. The molecule has 0 amide bonds. The van der Waals surface area contributed by atoms with Gasteiger partial charge in [0, 0.05) is 31.1 Å². The van der Waals surface area contributed by atoms with E-state index in [4.69, 9.17) is 0 Å². The van der Waals surface area contributed by atoms with Crippen molar-refractivity contribution in [2.75, 3.05) is 14.1 Å². The molecule has 0 spiro atoms. The Labute approximate surface area is 111 Å². The average Bonchev–Trinajstić information content (AvgIpc) is 2.81. The van der Waals surface area contributed by atoms with E-state index in [9.17, 15) is 0 Å². The normalized spacial score (nSPS) is 20.5. The van der Waals surface area contributed by atoms with Gasteiger partial charge in [0.1, 0.15) is 5.82 Å². The van der Waals surface area contributed by atoms with Crippen LogP contribution in [0.4, 0.5) is 0 Å². The molecule has 1 aliphatic carbocycles. The molecule has 1 heterocycles. The van der Waals surface area contributed by atoms with Crippen molar-refractivity contribution in [3.63, 3.8) is 0 Å². The maximum Gasteiger partial charge on any atom is 0.119 e. The molecule has 0 aromatic rings. The van der Waals surface area contributed by atoms with E-state index in [1.54, 1.807) is 0 Å². The lowest BCUT2D eigenvalue weighted by molar-refractivity contribution is 0.418. The van der Waals surface area contributed by atoms with Crippen LogP contribution in [0, 0.1) is 5.41 Å². The molecule has 98 valence electrons. The Morgan fingerprint density at radius 1 is 0.889 bits per heavy atom. The first-order valence-electron chi connectivity index (χ1n) is 6.53. The highest BCUT2D eigenvalue weighted by Crippen LogP contribution is 2.37. The van der Waals surface area contributed by atoms with Crippen LogP contribution in [0.1, 0.15) is 34.6 Å². The summed E-state index contributed by atoms with van der Waals surface area (Å²) < 4.78 is 0. The van der Waals surface area contributed by atoms with E-state index in [0.29, 0.717) is 0 Å². The van der Waals surface area contributed by atoms with Gasteiger partial charge in [0.15, 0.2) is 0 Å². The average molecular weight is 244 g/mol. The second-order valence-corrected chi connectivity index (χ2v) is 6.25. The van der Waals surface area contributed by atoms with Crippen LogP contribution in [-0.2, 0) is 0 Å². The van der Waals surface area contributed by atoms with Gasteiger partial charge in [-0.1, -0.05) is 32.9 Å². The molecule has 2 rings (SSSR count). The highest BCUT2D eigenvalue weighted by molar-refractivity contribution is 5.51. The summed E-state index contributed by atoms with van der Waals surface area (Å²) in [6, 6.07) is 0. The topological polar surface area (TPSA) is 6.48 Å². The zero-order valence-electron chi connectivity index (χ0n) is 12.6. The van der Waals surface area contributed by atoms with E-state index in [1.165, 1.54) is 28.4 Å². The monoisotopic (exact) mass is 244 g/mol. The summed E-state index contributed by atoms with van der Waals surface area (Å²) in [6.45, 7) is 11.1. The number of allylic oxidation sites excluding steroid dienone is 7. The molecule has 2 nitrogen and oxygen atoms in total. The van der Waals surface area contributed by atoms with Crippen LogP contribution < -0.4 is 0 Å². The largest absolute Gasteiger partial charge is 0.333 e. The third-order valence-electron chi connectivity index (χ3n) is 4.04. The summed E-state index contributed by atoms with van der Waals surface area (Å²) in [7, 11) is 4.28. The van der Waals surface area contributed by atoms with E-state index in [-0.39, 0.29) is 5.41 Å². The maximum absolute atomic E-state index is 2.31. The van der Waals surface area contributed by atoms with Crippen molar-refractivity contribution in [2.24, 2.45) is 5.41 Å². The molecule has 1 aliphatic heterocycles. The zero-order chi connectivity index (χ0) is 13.7. The van der Waals surface area contributed by atoms with Crippen LogP contribution in [0.5, 0.6) is 0 Å². The van der Waals surface area contributed by atoms with Crippen molar-refractivity contribution in [3.8, 4) is 0 Å². The summed E-state index contributed by atoms with van der Waals surface area (Å²) >= 11 is 0. The van der Waals surface area contributed by atoms with Crippen LogP contribution in [0.25, 0.3) is 0 Å². The minimum Gasteiger partial charge on any atom is -0.333 e. The highest BCUT2D eigenvalue weighted by Gasteiger charge is 2.27. The summed E-state index contributed by atoms with van der Waals surface area (Å²) in [5, 5.41) is 0. The van der Waals surface area contributed by atoms with Gasteiger partial charge in [-0.25, -0.2) is 0 Å². The van der Waals surface area contributed by atoms with Gasteiger partial charge in [-0.2, -0.15) is 0 Å². The molecule has 0 radical (unpaired) electrons. The van der Waals surface area contributed by atoms with E-state index in [1.807, 2.05) is 0 Å². The molecule has 2 heteroatoms. The molecule has 2 aliphatic rings. The van der Waals surface area contributed by atoms with E-state index >= 15 is 0 Å². The van der Waals surface area contributed by atoms with Crippen LogP contribution in [0.15, 0.2) is 46.6 Å². The summed E-state index contributed by atoms with van der Waals surface area (Å²) in [6.07, 6.45) is 6.79. The van der Waals surface area contributed by atoms with Gasteiger partial charge in [0.2, 0.25) is 0 Å². The smallest absolute Gasteiger partial charge is 0.119 e. The van der Waals surface area contributed by atoms with Gasteiger partial charge in [-0.05, 0) is 30.9 Å². The minimum atomic E-state index is 0.214. The molecule has 0 unspecified atom stereocenters. The number of nitrogens with zero attached hydrogens (tertiary/aromatic N) is 2. The first-order chi connectivity index (χ1) is 8.23. The van der Waals surface area contributed by atoms with Crippen LogP contribution in [-0.4, -0.2) is 23.9 Å². The Bertz CT molecular complexity index is 476. The number of hydrogen-bond donors (Lipinski definition) is 0. The van der Waals surface area contributed by atoms with Crippen molar-refractivity contribution >= 4 is 0 Å². The van der Waals surface area contributed by atoms with E-state index < -0.39 is 0 Å². The Hall–Kier alpha value is -1.44. The van der Waals surface area contributed by atoms with Crippen molar-refractivity contribution in [1.82, 2.24) is 9.80 Å². The van der Waals surface area contributed by atoms with Gasteiger partial charge in [0.05, 0.1) is 0 Å².